The molecule has 4 heteroatoms. The Bertz CT molecular complexity index is 95.0. The predicted octanol–water partition coefficient (Wildman–Crippen LogP) is -0.623. The first kappa shape index (κ1) is 9.39. The number of methoxy groups -OCH3 is 1. The maximum Gasteiger partial charge on any atom is 0.0700 e. The first-order valence-corrected chi connectivity index (χ1v) is 3.08. The van der Waals surface area contributed by atoms with E-state index in [9.17, 15) is 5.11 Å². The minimum atomic E-state index is -0.586. The maximum atomic E-state index is 10.0. The van der Waals surface area contributed by atoms with Crippen LogP contribution in [0.2, 0.25) is 0 Å². The molecule has 0 aliphatic carbocycles. The van der Waals surface area contributed by atoms with Gasteiger partial charge in [-0.2, -0.15) is 0 Å². The number of ether oxygens (including phenoxy) is 2. The van der Waals surface area contributed by atoms with Gasteiger partial charge in [0.1, 0.15) is 0 Å². The van der Waals surface area contributed by atoms with Gasteiger partial charge in [-0.3, -0.25) is 0 Å². The van der Waals surface area contributed by atoms with E-state index in [-0.39, 0.29) is 6.42 Å². The highest BCUT2D eigenvalue weighted by atomic mass is 16.5. The molecule has 0 heterocycles. The van der Waals surface area contributed by atoms with E-state index in [2.05, 4.69) is 0 Å². The Hall–Kier alpha value is -0.610. The molecule has 0 rings (SSSR count). The molecule has 10 heavy (non-hydrogen) atoms. The van der Waals surface area contributed by atoms with Crippen molar-refractivity contribution in [3.05, 3.63) is 0 Å². The summed E-state index contributed by atoms with van der Waals surface area (Å²) in [4.78, 5) is 0. The molecule has 0 aromatic carbocycles. The first-order valence-electron chi connectivity index (χ1n) is 3.08. The van der Waals surface area contributed by atoms with Crippen LogP contribution in [0.5, 0.6) is 0 Å². The smallest absolute Gasteiger partial charge is 0.0700 e. The van der Waals surface area contributed by atoms with Gasteiger partial charge in [0, 0.05) is 7.11 Å². The Labute approximate surface area is 60.3 Å². The van der Waals surface area contributed by atoms with E-state index in [0.717, 1.165) is 0 Å². The van der Waals surface area contributed by atoms with Crippen LogP contribution in [0.15, 0.2) is 0 Å². The number of rotatable bonds is 6. The van der Waals surface area contributed by atoms with Crippen molar-refractivity contribution < 1.29 is 14.6 Å². The lowest BCUT2D eigenvalue weighted by molar-refractivity contribution is -0.221. The number of hydrogen-bond acceptors (Lipinski definition) is 4. The molecule has 1 N–H and O–H groups in total. The van der Waals surface area contributed by atoms with Crippen LogP contribution in [0.1, 0.15) is 6.42 Å². The van der Waals surface area contributed by atoms with Crippen molar-refractivity contribution >= 4 is 5.90 Å². The minimum Gasteiger partial charge on any atom is -0.862 e. The summed E-state index contributed by atoms with van der Waals surface area (Å²) in [5.74, 6) is -0.586. The number of hydrogen-bond donors (Lipinski definition) is 1. The molecular weight excluding hydrogens is 134 g/mol. The molecule has 4 nitrogen and oxygen atoms in total. The molecule has 0 bridgehead atoms. The summed E-state index contributed by atoms with van der Waals surface area (Å²) in [6.07, 6.45) is 0.170. The highest BCUT2D eigenvalue weighted by molar-refractivity contribution is 5.67. The van der Waals surface area contributed by atoms with Crippen molar-refractivity contribution in [3.8, 4) is 0 Å². The quantitative estimate of drug-likeness (QED) is 0.308. The van der Waals surface area contributed by atoms with Crippen LogP contribution in [0.25, 0.3) is 0 Å². The number of nitrogens with one attached hydrogen (secondary N) is 1. The first-order chi connectivity index (χ1) is 4.77. The van der Waals surface area contributed by atoms with Gasteiger partial charge < -0.3 is 20.0 Å². The van der Waals surface area contributed by atoms with Crippen molar-refractivity contribution in [2.24, 2.45) is 0 Å². The summed E-state index contributed by atoms with van der Waals surface area (Å²) in [6.45, 7) is 1.35. The van der Waals surface area contributed by atoms with Crippen LogP contribution in [0.3, 0.4) is 0 Å². The largest absolute Gasteiger partial charge is 0.862 e. The zero-order chi connectivity index (χ0) is 7.82. The van der Waals surface area contributed by atoms with E-state index >= 15 is 0 Å². The third-order valence-electron chi connectivity index (χ3n) is 0.905. The molecule has 0 aromatic heterocycles. The second kappa shape index (κ2) is 6.51. The molecule has 0 radical (unpaired) electrons. The van der Waals surface area contributed by atoms with Crippen molar-refractivity contribution in [1.82, 2.24) is 0 Å². The van der Waals surface area contributed by atoms with Gasteiger partial charge in [-0.1, -0.05) is 0 Å². The molecule has 0 aromatic rings. The SMILES string of the molecule is COCCOCCC(=N)[O-]. The van der Waals surface area contributed by atoms with E-state index in [1.807, 2.05) is 0 Å². The molecule has 0 aliphatic heterocycles. The zero-order valence-electron chi connectivity index (χ0n) is 6.05. The van der Waals surface area contributed by atoms with Gasteiger partial charge in [0.25, 0.3) is 0 Å². The highest BCUT2D eigenvalue weighted by Crippen LogP contribution is 1.80. The van der Waals surface area contributed by atoms with Crippen molar-refractivity contribution in [2.45, 2.75) is 6.42 Å². The minimum absolute atomic E-state index is 0.170. The summed E-state index contributed by atoms with van der Waals surface area (Å²) >= 11 is 0. The topological polar surface area (TPSA) is 65.4 Å². The normalized spacial score (nSPS) is 9.70. The van der Waals surface area contributed by atoms with Gasteiger partial charge in [-0.05, 0) is 12.3 Å². The van der Waals surface area contributed by atoms with Crippen LogP contribution in [0, 0.1) is 5.41 Å². The van der Waals surface area contributed by atoms with Gasteiger partial charge in [0.15, 0.2) is 0 Å². The fraction of sp³-hybridized carbons (Fsp3) is 0.833. The van der Waals surface area contributed by atoms with Crippen molar-refractivity contribution in [3.63, 3.8) is 0 Å². The van der Waals surface area contributed by atoms with Gasteiger partial charge in [-0.25, -0.2) is 0 Å². The molecule has 0 aliphatic rings. The van der Waals surface area contributed by atoms with Crippen molar-refractivity contribution in [1.29, 1.82) is 5.41 Å². The molecule has 0 atom stereocenters. The monoisotopic (exact) mass is 146 g/mol. The second-order valence-electron chi connectivity index (χ2n) is 1.78. The Morgan fingerprint density at radius 1 is 1.40 bits per heavy atom. The van der Waals surface area contributed by atoms with Crippen LogP contribution >= 0.6 is 0 Å². The van der Waals surface area contributed by atoms with Crippen LogP contribution in [-0.2, 0) is 9.47 Å². The third-order valence-corrected chi connectivity index (χ3v) is 0.905. The van der Waals surface area contributed by atoms with Crippen molar-refractivity contribution in [2.75, 3.05) is 26.9 Å². The van der Waals surface area contributed by atoms with Crippen LogP contribution in [-0.4, -0.2) is 32.8 Å². The molecule has 0 unspecified atom stereocenters. The molecular formula is C6H12NO3-. The average molecular weight is 146 g/mol. The molecule has 0 fully saturated rings. The Kier molecular flexibility index (Phi) is 6.11. The summed E-state index contributed by atoms with van der Waals surface area (Å²) in [5, 5.41) is 16.5. The van der Waals surface area contributed by atoms with Crippen LogP contribution < -0.4 is 5.11 Å². The van der Waals surface area contributed by atoms with Gasteiger partial charge in [-0.15, -0.1) is 0 Å². The molecule has 0 saturated heterocycles. The standard InChI is InChI=1S/C6H13NO3/c1-9-4-5-10-3-2-6(7)8/h2-5H2,1H3,(H2,7,8)/p-1. The molecule has 0 spiro atoms. The van der Waals surface area contributed by atoms with E-state index in [4.69, 9.17) is 14.9 Å². The van der Waals surface area contributed by atoms with E-state index in [0.29, 0.717) is 19.8 Å². The Balaban J connectivity index is 2.84. The van der Waals surface area contributed by atoms with E-state index < -0.39 is 5.90 Å². The predicted molar refractivity (Wildman–Crippen MR) is 35.0 cm³/mol. The highest BCUT2D eigenvalue weighted by Gasteiger charge is 1.85. The average Bonchev–Trinajstić information content (AvgIpc) is 1.87. The second-order valence-corrected chi connectivity index (χ2v) is 1.78. The van der Waals surface area contributed by atoms with E-state index in [1.165, 1.54) is 0 Å². The van der Waals surface area contributed by atoms with Gasteiger partial charge in [0.2, 0.25) is 0 Å². The lowest BCUT2D eigenvalue weighted by Gasteiger charge is -2.06. The molecule has 0 saturated carbocycles. The van der Waals surface area contributed by atoms with Gasteiger partial charge in [0.05, 0.1) is 19.8 Å². The zero-order valence-corrected chi connectivity index (χ0v) is 6.05. The fourth-order valence-corrected chi connectivity index (χ4v) is 0.409. The summed E-state index contributed by atoms with van der Waals surface area (Å²) in [6, 6.07) is 0. The third kappa shape index (κ3) is 7.39. The lowest BCUT2D eigenvalue weighted by Crippen LogP contribution is -2.18. The maximum absolute atomic E-state index is 10.0. The molecule has 60 valence electrons. The fourth-order valence-electron chi connectivity index (χ4n) is 0.409. The Morgan fingerprint density at radius 2 is 2.10 bits per heavy atom. The summed E-state index contributed by atoms with van der Waals surface area (Å²) in [7, 11) is 1.58. The van der Waals surface area contributed by atoms with Crippen LogP contribution in [0.4, 0.5) is 0 Å². The Morgan fingerprint density at radius 3 is 2.60 bits per heavy atom. The van der Waals surface area contributed by atoms with Gasteiger partial charge >= 0.3 is 0 Å². The molecule has 0 amide bonds. The van der Waals surface area contributed by atoms with E-state index in [1.54, 1.807) is 7.11 Å². The summed E-state index contributed by atoms with van der Waals surface area (Å²) in [5.41, 5.74) is 0. The summed E-state index contributed by atoms with van der Waals surface area (Å²) < 4.78 is 9.61. The lowest BCUT2D eigenvalue weighted by atomic mass is 10.5.